The molecule has 0 saturated carbocycles. The molecule has 2 aromatic rings. The van der Waals surface area contributed by atoms with Crippen molar-refractivity contribution in [1.82, 2.24) is 5.32 Å². The summed E-state index contributed by atoms with van der Waals surface area (Å²) < 4.78 is 0.990. The van der Waals surface area contributed by atoms with Crippen molar-refractivity contribution in [2.24, 2.45) is 10.9 Å². The van der Waals surface area contributed by atoms with Gasteiger partial charge in [-0.2, -0.15) is 0 Å². The number of thiocarbonyl (C=S) groups is 1. The van der Waals surface area contributed by atoms with Crippen molar-refractivity contribution >= 4 is 29.0 Å². The summed E-state index contributed by atoms with van der Waals surface area (Å²) in [6, 6.07) is 17.2. The van der Waals surface area contributed by atoms with Crippen molar-refractivity contribution in [1.29, 1.82) is 0 Å². The standard InChI is InChI=1S/C14H16N2O2S.C10H16N/c1-8(2)14(3)13(19)15-11(16-14)9-6-4-5-7-10(9)12(17)18;1-11(2,3)9-10-7-5-4-6-8-10/h4-8H,1-3H3,(H,17,18)(H,15,16,19);4-8H,9H2,1-3H3/q;+1/p-1. The van der Waals surface area contributed by atoms with Gasteiger partial charge in [-0.05, 0) is 12.8 Å². The molecule has 0 fully saturated rings. The summed E-state index contributed by atoms with van der Waals surface area (Å²) in [7, 11) is 6.60. The summed E-state index contributed by atoms with van der Waals surface area (Å²) in [6.45, 7) is 7.11. The molecule has 2 aromatic carbocycles. The fourth-order valence-corrected chi connectivity index (χ4v) is 3.44. The van der Waals surface area contributed by atoms with Gasteiger partial charge in [0.2, 0.25) is 0 Å². The fourth-order valence-electron chi connectivity index (χ4n) is 3.06. The molecule has 1 aliphatic rings. The SMILES string of the molecule is CC(C)C1(C)N=C(c2ccccc2C(=O)[O-])NC1=S.C[N+](C)(C)Cc1ccccc1. The molecule has 1 unspecified atom stereocenters. The minimum atomic E-state index is -1.22. The zero-order valence-electron chi connectivity index (χ0n) is 18.6. The first-order valence-corrected chi connectivity index (χ1v) is 10.4. The molecule has 0 spiro atoms. The first-order chi connectivity index (χ1) is 13.9. The van der Waals surface area contributed by atoms with Crippen LogP contribution in [0.1, 0.15) is 42.3 Å². The highest BCUT2D eigenvalue weighted by Gasteiger charge is 2.39. The third-order valence-electron chi connectivity index (χ3n) is 5.06. The van der Waals surface area contributed by atoms with Gasteiger partial charge in [0.1, 0.15) is 22.9 Å². The number of benzene rings is 2. The number of rotatable bonds is 5. The number of nitrogens with one attached hydrogen (secondary N) is 1. The smallest absolute Gasteiger partial charge is 0.134 e. The van der Waals surface area contributed by atoms with Gasteiger partial charge in [0, 0.05) is 16.7 Å². The molecule has 1 atom stereocenters. The van der Waals surface area contributed by atoms with Crippen LogP contribution in [0.25, 0.3) is 0 Å². The summed E-state index contributed by atoms with van der Waals surface area (Å²) >= 11 is 5.33. The van der Waals surface area contributed by atoms with E-state index in [1.807, 2.05) is 20.8 Å². The summed E-state index contributed by atoms with van der Waals surface area (Å²) in [5.74, 6) is -0.495. The molecule has 6 heteroatoms. The van der Waals surface area contributed by atoms with Crippen LogP contribution in [-0.2, 0) is 6.54 Å². The topological polar surface area (TPSA) is 64.5 Å². The van der Waals surface area contributed by atoms with Crippen molar-refractivity contribution < 1.29 is 14.4 Å². The van der Waals surface area contributed by atoms with E-state index in [9.17, 15) is 9.90 Å². The maximum absolute atomic E-state index is 11.1. The van der Waals surface area contributed by atoms with Gasteiger partial charge in [0.05, 0.1) is 27.1 Å². The molecule has 0 amide bonds. The van der Waals surface area contributed by atoms with Crippen LogP contribution in [0.5, 0.6) is 0 Å². The Labute approximate surface area is 185 Å². The van der Waals surface area contributed by atoms with Crippen molar-refractivity contribution in [3.63, 3.8) is 0 Å². The first-order valence-electron chi connectivity index (χ1n) is 10.0. The third kappa shape index (κ3) is 5.97. The molecule has 0 aromatic heterocycles. The molecule has 5 nitrogen and oxygen atoms in total. The van der Waals surface area contributed by atoms with Gasteiger partial charge in [-0.15, -0.1) is 0 Å². The lowest BCUT2D eigenvalue weighted by molar-refractivity contribution is -0.884. The number of hydrogen-bond donors (Lipinski definition) is 1. The van der Waals surface area contributed by atoms with E-state index in [0.717, 1.165) is 11.0 Å². The zero-order valence-corrected chi connectivity index (χ0v) is 19.4. The summed E-state index contributed by atoms with van der Waals surface area (Å²) in [5, 5.41) is 14.2. The highest BCUT2D eigenvalue weighted by Crippen LogP contribution is 2.28. The number of carboxylic acids is 1. The number of quaternary nitrogens is 1. The average Bonchev–Trinajstić information content (AvgIpc) is 2.98. The van der Waals surface area contributed by atoms with E-state index in [1.165, 1.54) is 11.6 Å². The number of hydrogen-bond acceptors (Lipinski definition) is 4. The largest absolute Gasteiger partial charge is 0.545 e. The molecule has 1 N–H and O–H groups in total. The van der Waals surface area contributed by atoms with Gasteiger partial charge >= 0.3 is 0 Å². The van der Waals surface area contributed by atoms with Crippen molar-refractivity contribution in [2.75, 3.05) is 21.1 Å². The average molecular weight is 426 g/mol. The minimum absolute atomic E-state index is 0.115. The zero-order chi connectivity index (χ0) is 22.5. The molecule has 0 aliphatic carbocycles. The lowest BCUT2D eigenvalue weighted by Crippen LogP contribution is -2.40. The Bertz CT molecular complexity index is 933. The van der Waals surface area contributed by atoms with Crippen LogP contribution >= 0.6 is 12.2 Å². The second-order valence-corrected chi connectivity index (χ2v) is 9.39. The molecule has 30 heavy (non-hydrogen) atoms. The number of carbonyl (C=O) groups excluding carboxylic acids is 1. The number of amidine groups is 1. The van der Waals surface area contributed by atoms with Crippen LogP contribution in [0.4, 0.5) is 0 Å². The van der Waals surface area contributed by atoms with Crippen molar-refractivity contribution in [3.05, 3.63) is 71.3 Å². The lowest BCUT2D eigenvalue weighted by Gasteiger charge is -2.24. The van der Waals surface area contributed by atoms with Crippen LogP contribution in [0.15, 0.2) is 59.6 Å². The van der Waals surface area contributed by atoms with Gasteiger partial charge in [-0.25, -0.2) is 0 Å². The highest BCUT2D eigenvalue weighted by molar-refractivity contribution is 7.80. The maximum atomic E-state index is 11.1. The van der Waals surface area contributed by atoms with E-state index < -0.39 is 11.5 Å². The predicted octanol–water partition coefficient (Wildman–Crippen LogP) is 3.03. The molecule has 3 rings (SSSR count). The van der Waals surface area contributed by atoms with Crippen molar-refractivity contribution in [3.8, 4) is 0 Å². The van der Waals surface area contributed by atoms with E-state index in [0.29, 0.717) is 16.4 Å². The number of carboxylic acid groups (broad SMARTS) is 1. The summed E-state index contributed by atoms with van der Waals surface area (Å²) in [6.07, 6.45) is 0. The molecule has 0 saturated heterocycles. The van der Waals surface area contributed by atoms with E-state index >= 15 is 0 Å². The van der Waals surface area contributed by atoms with Crippen LogP contribution < -0.4 is 10.4 Å². The number of carbonyl (C=O) groups is 1. The predicted molar refractivity (Wildman–Crippen MR) is 124 cm³/mol. The molecule has 1 aliphatic heterocycles. The lowest BCUT2D eigenvalue weighted by atomic mass is 9.90. The Morgan fingerprint density at radius 1 is 1.10 bits per heavy atom. The van der Waals surface area contributed by atoms with E-state index in [1.54, 1.807) is 18.2 Å². The number of aliphatic imine (C=N–C) groups is 1. The van der Waals surface area contributed by atoms with Gasteiger partial charge in [-0.3, -0.25) is 4.99 Å². The molecule has 160 valence electrons. The first kappa shape index (κ1) is 23.7. The Balaban J connectivity index is 0.000000248. The second kappa shape index (κ2) is 9.49. The Kier molecular flexibility index (Phi) is 7.50. The molecular formula is C24H31N3O2S. The summed E-state index contributed by atoms with van der Waals surface area (Å²) in [5.41, 5.74) is 1.53. The van der Waals surface area contributed by atoms with Crippen LogP contribution in [0.2, 0.25) is 0 Å². The van der Waals surface area contributed by atoms with E-state index in [-0.39, 0.29) is 11.5 Å². The van der Waals surface area contributed by atoms with Crippen LogP contribution in [-0.4, -0.2) is 48.0 Å². The summed E-state index contributed by atoms with van der Waals surface area (Å²) in [4.78, 5) is 16.3. The van der Waals surface area contributed by atoms with E-state index in [2.05, 4.69) is 61.8 Å². The molecule has 0 radical (unpaired) electrons. The fraction of sp³-hybridized carbons (Fsp3) is 0.375. The minimum Gasteiger partial charge on any atom is -0.545 e. The van der Waals surface area contributed by atoms with Gasteiger partial charge in [-0.1, -0.05) is 80.7 Å². The number of aromatic carboxylic acids is 1. The normalized spacial score (nSPS) is 18.4. The third-order valence-corrected chi connectivity index (χ3v) is 5.58. The van der Waals surface area contributed by atoms with Crippen molar-refractivity contribution in [2.45, 2.75) is 32.9 Å². The maximum Gasteiger partial charge on any atom is 0.134 e. The Hall–Kier alpha value is -2.57. The van der Waals surface area contributed by atoms with E-state index in [4.69, 9.17) is 12.2 Å². The highest BCUT2D eigenvalue weighted by atomic mass is 32.1. The number of nitrogens with zero attached hydrogens (tertiary/aromatic N) is 2. The monoisotopic (exact) mass is 425 g/mol. The molecule has 0 bridgehead atoms. The van der Waals surface area contributed by atoms with Crippen LogP contribution in [0.3, 0.4) is 0 Å². The quantitative estimate of drug-likeness (QED) is 0.591. The molecule has 1 heterocycles. The second-order valence-electron chi connectivity index (χ2n) is 8.98. The van der Waals surface area contributed by atoms with Crippen LogP contribution in [0, 0.1) is 5.92 Å². The molecular weight excluding hydrogens is 394 g/mol. The Morgan fingerprint density at radius 3 is 2.17 bits per heavy atom. The van der Waals surface area contributed by atoms with Gasteiger partial charge in [0.25, 0.3) is 0 Å². The Morgan fingerprint density at radius 2 is 1.67 bits per heavy atom. The van der Waals surface area contributed by atoms with Gasteiger partial charge in [0.15, 0.2) is 0 Å². The van der Waals surface area contributed by atoms with Gasteiger partial charge < -0.3 is 19.7 Å².